The Morgan fingerprint density at radius 2 is 1.64 bits per heavy atom. The zero-order valence-electron chi connectivity index (χ0n) is 19.2. The predicted octanol–water partition coefficient (Wildman–Crippen LogP) is 4.64. The summed E-state index contributed by atoms with van der Waals surface area (Å²) in [6.45, 7) is 6.08. The van der Waals surface area contributed by atoms with Crippen molar-refractivity contribution in [3.8, 4) is 11.1 Å². The summed E-state index contributed by atoms with van der Waals surface area (Å²) in [5.74, 6) is -0.346. The number of benzene rings is 2. The van der Waals surface area contributed by atoms with E-state index in [0.717, 1.165) is 0 Å². The van der Waals surface area contributed by atoms with Crippen molar-refractivity contribution >= 4 is 29.3 Å². The minimum Gasteiger partial charge on any atom is -0.465 e. The number of likely N-dealkylation sites (tertiary alicyclic amines) is 1. The van der Waals surface area contributed by atoms with E-state index in [1.165, 1.54) is 27.2 Å². The number of rotatable bonds is 5. The first-order valence-electron chi connectivity index (χ1n) is 11.3. The molecule has 1 aliphatic heterocycles. The number of nitrogens with two attached hydrogens (primary N) is 1. The highest BCUT2D eigenvalue weighted by Crippen LogP contribution is 2.44. The van der Waals surface area contributed by atoms with E-state index < -0.39 is 17.7 Å². The van der Waals surface area contributed by atoms with Gasteiger partial charge in [-0.25, -0.2) is 4.79 Å². The van der Waals surface area contributed by atoms with Crippen LogP contribution < -0.4 is 5.73 Å². The summed E-state index contributed by atoms with van der Waals surface area (Å²) < 4.78 is 11.2. The molecule has 6 nitrogen and oxygen atoms in total. The van der Waals surface area contributed by atoms with E-state index in [1.54, 1.807) is 0 Å². The van der Waals surface area contributed by atoms with Crippen LogP contribution in [0.25, 0.3) is 11.1 Å². The number of carbonyl (C=O) groups is 2. The Morgan fingerprint density at radius 3 is 2.18 bits per heavy atom. The van der Waals surface area contributed by atoms with E-state index in [1.807, 2.05) is 45.0 Å². The van der Waals surface area contributed by atoms with Crippen LogP contribution in [-0.4, -0.2) is 46.7 Å². The van der Waals surface area contributed by atoms with Gasteiger partial charge in [-0.15, -0.1) is 0 Å². The van der Waals surface area contributed by atoms with E-state index in [2.05, 4.69) is 24.3 Å². The fourth-order valence-electron chi connectivity index (χ4n) is 4.77. The van der Waals surface area contributed by atoms with Gasteiger partial charge in [0.1, 0.15) is 12.2 Å². The van der Waals surface area contributed by atoms with Crippen LogP contribution in [0.3, 0.4) is 0 Å². The first-order chi connectivity index (χ1) is 15.6. The molecule has 1 heterocycles. The Balaban J connectivity index is 1.39. The smallest absolute Gasteiger partial charge is 0.410 e. The van der Waals surface area contributed by atoms with Crippen molar-refractivity contribution in [3.05, 3.63) is 59.7 Å². The van der Waals surface area contributed by atoms with Crippen LogP contribution in [0.5, 0.6) is 0 Å². The molecule has 174 valence electrons. The third-order valence-electron chi connectivity index (χ3n) is 6.17. The van der Waals surface area contributed by atoms with E-state index in [4.69, 9.17) is 27.4 Å². The molecule has 2 aromatic carbocycles. The van der Waals surface area contributed by atoms with Crippen molar-refractivity contribution in [2.75, 3.05) is 13.2 Å². The number of hydrogen-bond donors (Lipinski definition) is 1. The fourth-order valence-corrected chi connectivity index (χ4v) is 5.00. The monoisotopic (exact) mass is 466 g/mol. The lowest BCUT2D eigenvalue weighted by molar-refractivity contribution is -0.145. The van der Waals surface area contributed by atoms with Gasteiger partial charge in [0, 0.05) is 12.5 Å². The maximum absolute atomic E-state index is 12.7. The molecule has 0 spiro atoms. The number of hydrogen-bond acceptors (Lipinski definition) is 5. The SMILES string of the molecule is CC(C)(C)OC(=O)N1C[C@H](CC(=O)OCC2c3ccccc3-c3ccccc32)C[C@H]1C(N)=S. The molecule has 1 aliphatic carbocycles. The fraction of sp³-hybridized carbons (Fsp3) is 0.423. The second-order valence-corrected chi connectivity index (χ2v) is 10.2. The number of thiocarbonyl (C=S) groups is 1. The molecule has 4 rings (SSSR count). The zero-order chi connectivity index (χ0) is 23.8. The summed E-state index contributed by atoms with van der Waals surface area (Å²) in [5, 5.41) is 0. The first kappa shape index (κ1) is 23.2. The quantitative estimate of drug-likeness (QED) is 0.511. The first-order valence-corrected chi connectivity index (χ1v) is 11.7. The van der Waals surface area contributed by atoms with Gasteiger partial charge >= 0.3 is 12.1 Å². The molecule has 0 aromatic heterocycles. The van der Waals surface area contributed by atoms with Gasteiger partial charge in [-0.1, -0.05) is 60.7 Å². The standard InChI is InChI=1S/C26H30N2O4S/c1-26(2,3)32-25(30)28-14-16(12-22(28)24(27)33)13-23(29)31-15-21-19-10-6-4-8-17(19)18-9-5-7-11-20(18)21/h4-11,16,21-22H,12-15H2,1-3H3,(H2,27,33)/t16-,22-/m0/s1. The van der Waals surface area contributed by atoms with Gasteiger partial charge in [0.05, 0.1) is 17.5 Å². The Labute approximate surface area is 200 Å². The Bertz CT molecular complexity index is 1030. The van der Waals surface area contributed by atoms with E-state index >= 15 is 0 Å². The molecule has 1 amide bonds. The molecule has 33 heavy (non-hydrogen) atoms. The highest BCUT2D eigenvalue weighted by Gasteiger charge is 2.40. The number of esters is 1. The molecule has 2 N–H and O–H groups in total. The topological polar surface area (TPSA) is 81.9 Å². The average Bonchev–Trinajstić information content (AvgIpc) is 3.31. The van der Waals surface area contributed by atoms with Crippen molar-refractivity contribution in [2.45, 2.75) is 51.2 Å². The third-order valence-corrected chi connectivity index (χ3v) is 6.45. The minimum absolute atomic E-state index is 0.0209. The highest BCUT2D eigenvalue weighted by atomic mass is 32.1. The van der Waals surface area contributed by atoms with Gasteiger partial charge < -0.3 is 15.2 Å². The van der Waals surface area contributed by atoms with Gasteiger partial charge in [0.25, 0.3) is 0 Å². The molecule has 2 aliphatic rings. The maximum atomic E-state index is 12.7. The van der Waals surface area contributed by atoms with Crippen molar-refractivity contribution in [1.29, 1.82) is 0 Å². The lowest BCUT2D eigenvalue weighted by Gasteiger charge is -2.28. The number of amides is 1. The molecular weight excluding hydrogens is 436 g/mol. The molecular formula is C26H30N2O4S. The Hall–Kier alpha value is -2.93. The van der Waals surface area contributed by atoms with Crippen LogP contribution in [0.1, 0.15) is 50.7 Å². The maximum Gasteiger partial charge on any atom is 0.410 e. The Kier molecular flexibility index (Phi) is 6.43. The van der Waals surface area contributed by atoms with Crippen LogP contribution in [0.15, 0.2) is 48.5 Å². The largest absolute Gasteiger partial charge is 0.465 e. The van der Waals surface area contributed by atoms with Crippen LogP contribution in [0.4, 0.5) is 4.79 Å². The van der Waals surface area contributed by atoms with Gasteiger partial charge in [-0.3, -0.25) is 9.69 Å². The molecule has 0 radical (unpaired) electrons. The lowest BCUT2D eigenvalue weighted by Crippen LogP contribution is -2.45. The average molecular weight is 467 g/mol. The summed E-state index contributed by atoms with van der Waals surface area (Å²) in [6.07, 6.45) is 0.267. The number of ether oxygens (including phenoxy) is 2. The molecule has 2 atom stereocenters. The second-order valence-electron chi connectivity index (χ2n) is 9.77. The molecule has 0 saturated carbocycles. The normalized spacial score (nSPS) is 19.7. The van der Waals surface area contributed by atoms with E-state index in [-0.39, 0.29) is 35.8 Å². The van der Waals surface area contributed by atoms with Gasteiger partial charge in [-0.05, 0) is 55.4 Å². The Morgan fingerprint density at radius 1 is 1.06 bits per heavy atom. The highest BCUT2D eigenvalue weighted by molar-refractivity contribution is 7.80. The summed E-state index contributed by atoms with van der Waals surface area (Å²) >= 11 is 5.17. The van der Waals surface area contributed by atoms with Gasteiger partial charge in [0.15, 0.2) is 0 Å². The molecule has 0 bridgehead atoms. The van der Waals surface area contributed by atoms with Crippen molar-refractivity contribution in [3.63, 3.8) is 0 Å². The van der Waals surface area contributed by atoms with Crippen LogP contribution in [-0.2, 0) is 14.3 Å². The molecule has 7 heteroatoms. The summed E-state index contributed by atoms with van der Waals surface area (Å²) in [7, 11) is 0. The van der Waals surface area contributed by atoms with E-state index in [0.29, 0.717) is 13.0 Å². The summed E-state index contributed by atoms with van der Waals surface area (Å²) in [4.78, 5) is 27.1. The number of fused-ring (bicyclic) bond motifs is 3. The molecule has 1 saturated heterocycles. The third kappa shape index (κ3) is 5.03. The lowest BCUT2D eigenvalue weighted by atomic mass is 9.98. The summed E-state index contributed by atoms with van der Waals surface area (Å²) in [6, 6.07) is 16.1. The van der Waals surface area contributed by atoms with Crippen molar-refractivity contribution < 1.29 is 19.1 Å². The minimum atomic E-state index is -0.622. The molecule has 0 unspecified atom stereocenters. The van der Waals surface area contributed by atoms with E-state index in [9.17, 15) is 9.59 Å². The van der Waals surface area contributed by atoms with Gasteiger partial charge in [-0.2, -0.15) is 0 Å². The number of nitrogens with zero attached hydrogens (tertiary/aromatic N) is 1. The molecule has 1 fully saturated rings. The number of carbonyl (C=O) groups excluding carboxylic acids is 2. The summed E-state index contributed by atoms with van der Waals surface area (Å²) in [5.41, 5.74) is 10.00. The zero-order valence-corrected chi connectivity index (χ0v) is 20.1. The second kappa shape index (κ2) is 9.14. The predicted molar refractivity (Wildman–Crippen MR) is 131 cm³/mol. The van der Waals surface area contributed by atoms with Crippen molar-refractivity contribution in [1.82, 2.24) is 4.90 Å². The molecule has 2 aromatic rings. The van der Waals surface area contributed by atoms with Crippen molar-refractivity contribution in [2.24, 2.45) is 11.7 Å². The van der Waals surface area contributed by atoms with Crippen LogP contribution >= 0.6 is 12.2 Å². The van der Waals surface area contributed by atoms with Gasteiger partial charge in [0.2, 0.25) is 0 Å². The van der Waals surface area contributed by atoms with Crippen LogP contribution in [0.2, 0.25) is 0 Å². The van der Waals surface area contributed by atoms with Crippen LogP contribution in [0, 0.1) is 5.92 Å².